The van der Waals surface area contributed by atoms with Crippen molar-refractivity contribution in [2.24, 2.45) is 0 Å². The first-order valence-corrected chi connectivity index (χ1v) is 10.4. The van der Waals surface area contributed by atoms with Crippen LogP contribution >= 0.6 is 11.6 Å². The zero-order valence-electron chi connectivity index (χ0n) is 17.3. The Labute approximate surface area is 197 Å². The molecule has 3 aromatic heterocycles. The third-order valence-corrected chi connectivity index (χ3v) is 5.34. The largest absolute Gasteiger partial charge is 0.322 e. The van der Waals surface area contributed by atoms with Crippen molar-refractivity contribution in [2.45, 2.75) is 0 Å². The van der Waals surface area contributed by atoms with E-state index in [-0.39, 0.29) is 16.3 Å². The van der Waals surface area contributed by atoms with Crippen LogP contribution in [0, 0.1) is 10.1 Å². The summed E-state index contributed by atoms with van der Waals surface area (Å²) in [4.78, 5) is 27.0. The number of aromatic nitrogens is 5. The Hall–Kier alpha value is -4.70. The molecule has 0 spiro atoms. The number of pyridine rings is 1. The van der Waals surface area contributed by atoms with Gasteiger partial charge in [0.05, 0.1) is 21.2 Å². The number of nitrogens with one attached hydrogen (secondary N) is 1. The Kier molecular flexibility index (Phi) is 5.40. The normalized spacial score (nSPS) is 10.9. The first-order chi connectivity index (χ1) is 16.5. The van der Waals surface area contributed by atoms with Gasteiger partial charge >= 0.3 is 0 Å². The third kappa shape index (κ3) is 4.05. The van der Waals surface area contributed by atoms with Crippen molar-refractivity contribution in [3.05, 3.63) is 99.8 Å². The highest BCUT2D eigenvalue weighted by atomic mass is 35.5. The molecule has 0 saturated carbocycles. The number of non-ortho nitro benzene ring substituents is 1. The second-order valence-electron chi connectivity index (χ2n) is 7.20. The van der Waals surface area contributed by atoms with Gasteiger partial charge in [-0.1, -0.05) is 23.7 Å². The third-order valence-electron chi connectivity index (χ3n) is 5.03. The van der Waals surface area contributed by atoms with E-state index in [9.17, 15) is 14.9 Å². The minimum atomic E-state index is -0.573. The molecule has 0 fully saturated rings. The van der Waals surface area contributed by atoms with Crippen LogP contribution in [0.3, 0.4) is 0 Å². The molecule has 166 valence electrons. The monoisotopic (exact) mass is 471 g/mol. The summed E-state index contributed by atoms with van der Waals surface area (Å²) in [6.07, 6.45) is 3.34. The van der Waals surface area contributed by atoms with E-state index in [1.807, 2.05) is 30.3 Å². The van der Waals surface area contributed by atoms with Gasteiger partial charge in [-0.05, 0) is 42.5 Å². The second-order valence-corrected chi connectivity index (χ2v) is 7.61. The predicted octanol–water partition coefficient (Wildman–Crippen LogP) is 4.67. The van der Waals surface area contributed by atoms with Crippen molar-refractivity contribution in [2.75, 3.05) is 5.32 Å². The number of nitrogens with zero attached hydrogens (tertiary/aromatic N) is 6. The van der Waals surface area contributed by atoms with E-state index >= 15 is 0 Å². The highest BCUT2D eigenvalue weighted by Crippen LogP contribution is 2.26. The van der Waals surface area contributed by atoms with Gasteiger partial charge in [-0.3, -0.25) is 19.9 Å². The number of halogens is 1. The summed E-state index contributed by atoms with van der Waals surface area (Å²) >= 11 is 6.08. The number of hydrogen-bond acceptors (Lipinski definition) is 7. The fraction of sp³-hybridized carbons (Fsp3) is 0. The second kappa shape index (κ2) is 8.68. The molecule has 1 amide bonds. The summed E-state index contributed by atoms with van der Waals surface area (Å²) < 4.78 is 1.65. The molecule has 34 heavy (non-hydrogen) atoms. The van der Waals surface area contributed by atoms with Gasteiger partial charge in [-0.25, -0.2) is 0 Å². The van der Waals surface area contributed by atoms with Gasteiger partial charge < -0.3 is 5.32 Å². The summed E-state index contributed by atoms with van der Waals surface area (Å²) in [5.74, 6) is 0.0933. The molecule has 0 bridgehead atoms. The quantitative estimate of drug-likeness (QED) is 0.291. The van der Waals surface area contributed by atoms with E-state index < -0.39 is 10.8 Å². The minimum Gasteiger partial charge on any atom is -0.322 e. The molecule has 0 radical (unpaired) electrons. The predicted molar refractivity (Wildman–Crippen MR) is 126 cm³/mol. The van der Waals surface area contributed by atoms with Crippen LogP contribution in [0.2, 0.25) is 5.02 Å². The van der Waals surface area contributed by atoms with Crippen molar-refractivity contribution in [1.82, 2.24) is 24.8 Å². The van der Waals surface area contributed by atoms with Crippen molar-refractivity contribution in [1.29, 1.82) is 0 Å². The smallest absolute Gasteiger partial charge is 0.270 e. The van der Waals surface area contributed by atoms with Crippen LogP contribution in [-0.2, 0) is 0 Å². The van der Waals surface area contributed by atoms with Gasteiger partial charge in [-0.15, -0.1) is 10.2 Å². The van der Waals surface area contributed by atoms with Crippen LogP contribution in [0.15, 0.2) is 79.1 Å². The summed E-state index contributed by atoms with van der Waals surface area (Å²) in [5, 5.41) is 26.7. The van der Waals surface area contributed by atoms with E-state index in [2.05, 4.69) is 25.6 Å². The first-order valence-electron chi connectivity index (χ1n) is 9.98. The zero-order valence-corrected chi connectivity index (χ0v) is 18.0. The number of hydrogen-bond donors (Lipinski definition) is 1. The van der Waals surface area contributed by atoms with Crippen LogP contribution < -0.4 is 5.32 Å². The number of carbonyl (C=O) groups is 1. The molecular formula is C23H14ClN7O3. The molecule has 10 nitrogen and oxygen atoms in total. The first kappa shape index (κ1) is 21.2. The van der Waals surface area contributed by atoms with Gasteiger partial charge in [0.25, 0.3) is 11.6 Å². The van der Waals surface area contributed by atoms with Gasteiger partial charge in [0.1, 0.15) is 0 Å². The molecule has 11 heteroatoms. The van der Waals surface area contributed by atoms with E-state index in [0.717, 1.165) is 17.2 Å². The molecule has 3 heterocycles. The maximum atomic E-state index is 12.7. The van der Waals surface area contributed by atoms with Crippen molar-refractivity contribution >= 4 is 34.5 Å². The highest BCUT2D eigenvalue weighted by Gasteiger charge is 2.16. The van der Waals surface area contributed by atoms with E-state index in [0.29, 0.717) is 22.9 Å². The zero-order chi connectivity index (χ0) is 23.7. The molecule has 0 aliphatic carbocycles. The number of nitro groups is 1. The van der Waals surface area contributed by atoms with Crippen LogP contribution in [0.5, 0.6) is 0 Å². The molecule has 5 rings (SSSR count). The molecule has 0 saturated heterocycles. The average Bonchev–Trinajstić information content (AvgIpc) is 3.28. The molecule has 2 aromatic carbocycles. The summed E-state index contributed by atoms with van der Waals surface area (Å²) in [6, 6.07) is 18.1. The lowest BCUT2D eigenvalue weighted by atomic mass is 10.1. The number of nitro benzene ring substituents is 1. The topological polar surface area (TPSA) is 128 Å². The molecular weight excluding hydrogens is 458 g/mol. The fourth-order valence-electron chi connectivity index (χ4n) is 3.38. The van der Waals surface area contributed by atoms with Gasteiger partial charge in [-0.2, -0.15) is 9.61 Å². The summed E-state index contributed by atoms with van der Waals surface area (Å²) in [6.45, 7) is 0. The Morgan fingerprint density at radius 3 is 2.56 bits per heavy atom. The van der Waals surface area contributed by atoms with Crippen molar-refractivity contribution < 1.29 is 9.72 Å². The molecule has 0 atom stereocenters. The van der Waals surface area contributed by atoms with Gasteiger partial charge in [0.2, 0.25) is 0 Å². The standard InChI is InChI=1S/C23H14ClN7O3/c24-19-13-17(31(33)34)4-5-18(19)23(32)26-16-3-1-2-15(12-16)20-6-7-21-27-28-22(30(21)29-20)14-8-10-25-11-9-14/h1-13H,(H,26,32). The van der Waals surface area contributed by atoms with Crippen LogP contribution in [-0.4, -0.2) is 35.6 Å². The lowest BCUT2D eigenvalue weighted by Gasteiger charge is -2.09. The molecule has 1 N–H and O–H groups in total. The lowest BCUT2D eigenvalue weighted by Crippen LogP contribution is -2.12. The Bertz CT molecular complexity index is 1550. The number of amides is 1. The van der Waals surface area contributed by atoms with Crippen molar-refractivity contribution in [3.8, 4) is 22.6 Å². The van der Waals surface area contributed by atoms with E-state index in [4.69, 9.17) is 11.6 Å². The van der Waals surface area contributed by atoms with Gasteiger partial charge in [0.15, 0.2) is 11.5 Å². The number of anilines is 1. The highest BCUT2D eigenvalue weighted by molar-refractivity contribution is 6.34. The minimum absolute atomic E-state index is 0.00813. The lowest BCUT2D eigenvalue weighted by molar-refractivity contribution is -0.384. The average molecular weight is 472 g/mol. The van der Waals surface area contributed by atoms with Crippen LogP contribution in [0.1, 0.15) is 10.4 Å². The fourth-order valence-corrected chi connectivity index (χ4v) is 3.64. The molecule has 0 unspecified atom stereocenters. The summed E-state index contributed by atoms with van der Waals surface area (Å²) in [7, 11) is 0. The van der Waals surface area contributed by atoms with Crippen molar-refractivity contribution in [3.63, 3.8) is 0 Å². The van der Waals surface area contributed by atoms with E-state index in [1.165, 1.54) is 12.1 Å². The number of benzene rings is 2. The van der Waals surface area contributed by atoms with E-state index in [1.54, 1.807) is 35.1 Å². The van der Waals surface area contributed by atoms with Crippen LogP contribution in [0.25, 0.3) is 28.3 Å². The maximum absolute atomic E-state index is 12.7. The Morgan fingerprint density at radius 2 is 1.79 bits per heavy atom. The number of carbonyl (C=O) groups excluding carboxylic acids is 1. The number of fused-ring (bicyclic) bond motifs is 1. The van der Waals surface area contributed by atoms with Crippen LogP contribution in [0.4, 0.5) is 11.4 Å². The SMILES string of the molecule is O=C(Nc1cccc(-c2ccc3nnc(-c4ccncc4)n3n2)c1)c1ccc([N+](=O)[O-])cc1Cl. The Morgan fingerprint density at radius 1 is 0.971 bits per heavy atom. The summed E-state index contributed by atoms with van der Waals surface area (Å²) in [5.41, 5.74) is 3.27. The Balaban J connectivity index is 1.44. The molecule has 5 aromatic rings. The maximum Gasteiger partial charge on any atom is 0.270 e. The molecule has 0 aliphatic heterocycles. The number of rotatable bonds is 5. The van der Waals surface area contributed by atoms with Gasteiger partial charge in [0, 0.05) is 41.3 Å². The molecule has 0 aliphatic rings.